The van der Waals surface area contributed by atoms with Gasteiger partial charge in [0, 0.05) is 18.7 Å². The third kappa shape index (κ3) is 3.20. The zero-order chi connectivity index (χ0) is 17.3. The summed E-state index contributed by atoms with van der Waals surface area (Å²) in [6.07, 6.45) is 0.689. The Hall–Kier alpha value is -2.57. The lowest BCUT2D eigenvalue weighted by Gasteiger charge is -2.21. The first kappa shape index (κ1) is 16.3. The van der Waals surface area contributed by atoms with Crippen molar-refractivity contribution in [3.8, 4) is 5.75 Å². The van der Waals surface area contributed by atoms with Crippen molar-refractivity contribution in [1.29, 1.82) is 0 Å². The minimum Gasteiger partial charge on any atom is -0.491 e. The lowest BCUT2D eigenvalue weighted by atomic mass is 10.2. The van der Waals surface area contributed by atoms with E-state index in [1.54, 1.807) is 29.2 Å². The number of benzene rings is 1. The Kier molecular flexibility index (Phi) is 4.42. The molecular formula is C17H21N3O4. The van der Waals surface area contributed by atoms with Gasteiger partial charge in [-0.1, -0.05) is 0 Å². The number of carbonyl (C=O) groups excluding carboxylic acids is 3. The summed E-state index contributed by atoms with van der Waals surface area (Å²) in [6.45, 7) is 4.84. The molecule has 0 aromatic heterocycles. The SMILES string of the molecule is CC(C)Oc1ccc(C(=O)N2CCC(N3C(=O)CNC3=O)C2)cc1. The smallest absolute Gasteiger partial charge is 0.324 e. The number of urea groups is 1. The van der Waals surface area contributed by atoms with Gasteiger partial charge in [0.15, 0.2) is 0 Å². The van der Waals surface area contributed by atoms with Gasteiger partial charge in [-0.05, 0) is 44.5 Å². The van der Waals surface area contributed by atoms with Gasteiger partial charge in [0.2, 0.25) is 5.91 Å². The first-order valence-electron chi connectivity index (χ1n) is 8.11. The Morgan fingerprint density at radius 3 is 2.54 bits per heavy atom. The van der Waals surface area contributed by atoms with Crippen LogP contribution >= 0.6 is 0 Å². The average Bonchev–Trinajstić information content (AvgIpc) is 3.13. The molecule has 0 spiro atoms. The van der Waals surface area contributed by atoms with Gasteiger partial charge < -0.3 is 15.0 Å². The van der Waals surface area contributed by atoms with Crippen molar-refractivity contribution in [2.45, 2.75) is 32.4 Å². The van der Waals surface area contributed by atoms with Crippen LogP contribution in [0.2, 0.25) is 0 Å². The number of rotatable bonds is 4. The number of imide groups is 1. The lowest BCUT2D eigenvalue weighted by Crippen LogP contribution is -2.42. The summed E-state index contributed by atoms with van der Waals surface area (Å²) in [7, 11) is 0. The molecule has 0 bridgehead atoms. The number of hydrogen-bond donors (Lipinski definition) is 1. The molecule has 24 heavy (non-hydrogen) atoms. The molecule has 1 N–H and O–H groups in total. The van der Waals surface area contributed by atoms with E-state index in [1.165, 1.54) is 4.90 Å². The van der Waals surface area contributed by atoms with Crippen LogP contribution in [0.4, 0.5) is 4.79 Å². The Bertz CT molecular complexity index is 640. The number of nitrogens with zero attached hydrogens (tertiary/aromatic N) is 2. The highest BCUT2D eigenvalue weighted by atomic mass is 16.5. The van der Waals surface area contributed by atoms with E-state index in [1.807, 2.05) is 13.8 Å². The van der Waals surface area contributed by atoms with Gasteiger partial charge in [-0.15, -0.1) is 0 Å². The minimum absolute atomic E-state index is 0.0423. The largest absolute Gasteiger partial charge is 0.491 e. The predicted molar refractivity (Wildman–Crippen MR) is 86.8 cm³/mol. The second-order valence-corrected chi connectivity index (χ2v) is 6.31. The van der Waals surface area contributed by atoms with E-state index in [9.17, 15) is 14.4 Å². The summed E-state index contributed by atoms with van der Waals surface area (Å²) in [5.74, 6) is 0.398. The lowest BCUT2D eigenvalue weighted by molar-refractivity contribution is -0.126. The molecule has 2 aliphatic rings. The zero-order valence-corrected chi connectivity index (χ0v) is 13.8. The van der Waals surface area contributed by atoms with Crippen molar-refractivity contribution >= 4 is 17.8 Å². The summed E-state index contributed by atoms with van der Waals surface area (Å²) >= 11 is 0. The minimum atomic E-state index is -0.366. The van der Waals surface area contributed by atoms with Crippen molar-refractivity contribution in [2.75, 3.05) is 19.6 Å². The van der Waals surface area contributed by atoms with Crippen LogP contribution in [0.3, 0.4) is 0 Å². The van der Waals surface area contributed by atoms with E-state index in [0.29, 0.717) is 25.1 Å². The highest BCUT2D eigenvalue weighted by Crippen LogP contribution is 2.21. The average molecular weight is 331 g/mol. The number of carbonyl (C=O) groups is 3. The topological polar surface area (TPSA) is 79.0 Å². The van der Waals surface area contributed by atoms with E-state index in [2.05, 4.69) is 5.32 Å². The van der Waals surface area contributed by atoms with Gasteiger partial charge in [0.25, 0.3) is 5.91 Å². The maximum absolute atomic E-state index is 12.6. The van der Waals surface area contributed by atoms with E-state index < -0.39 is 0 Å². The molecule has 1 atom stereocenters. The van der Waals surface area contributed by atoms with Crippen LogP contribution in [0.1, 0.15) is 30.6 Å². The molecule has 1 aromatic carbocycles. The highest BCUT2D eigenvalue weighted by Gasteiger charge is 2.39. The van der Waals surface area contributed by atoms with E-state index >= 15 is 0 Å². The summed E-state index contributed by atoms with van der Waals surface area (Å²) in [5.41, 5.74) is 0.573. The molecular weight excluding hydrogens is 310 g/mol. The van der Waals surface area contributed by atoms with Crippen molar-refractivity contribution in [1.82, 2.24) is 15.1 Å². The Labute approximate surface area is 140 Å². The number of amides is 4. The third-order valence-corrected chi connectivity index (χ3v) is 4.17. The van der Waals surface area contributed by atoms with Crippen molar-refractivity contribution < 1.29 is 19.1 Å². The van der Waals surface area contributed by atoms with Gasteiger partial charge in [0.05, 0.1) is 18.7 Å². The fraction of sp³-hybridized carbons (Fsp3) is 0.471. The van der Waals surface area contributed by atoms with Crippen molar-refractivity contribution in [3.63, 3.8) is 0 Å². The van der Waals surface area contributed by atoms with Gasteiger partial charge >= 0.3 is 6.03 Å². The second kappa shape index (κ2) is 6.51. The molecule has 2 saturated heterocycles. The molecule has 128 valence electrons. The van der Waals surface area contributed by atoms with Gasteiger partial charge in [0.1, 0.15) is 5.75 Å². The van der Waals surface area contributed by atoms with Gasteiger partial charge in [-0.3, -0.25) is 14.5 Å². The van der Waals surface area contributed by atoms with Gasteiger partial charge in [-0.25, -0.2) is 4.79 Å². The van der Waals surface area contributed by atoms with Gasteiger partial charge in [-0.2, -0.15) is 0 Å². The summed E-state index contributed by atoms with van der Waals surface area (Å²) in [4.78, 5) is 39.0. The Balaban J connectivity index is 1.64. The quantitative estimate of drug-likeness (QED) is 0.842. The first-order valence-corrected chi connectivity index (χ1v) is 8.11. The van der Waals surface area contributed by atoms with Crippen LogP contribution in [-0.4, -0.2) is 59.4 Å². The molecule has 3 rings (SSSR count). The third-order valence-electron chi connectivity index (χ3n) is 4.17. The normalized spacial score (nSPS) is 20.7. The van der Waals surface area contributed by atoms with Crippen LogP contribution in [0.15, 0.2) is 24.3 Å². The van der Waals surface area contributed by atoms with Crippen molar-refractivity contribution in [2.24, 2.45) is 0 Å². The molecule has 1 unspecified atom stereocenters. The Morgan fingerprint density at radius 2 is 1.96 bits per heavy atom. The summed E-state index contributed by atoms with van der Waals surface area (Å²) < 4.78 is 5.57. The van der Waals surface area contributed by atoms with E-state index in [4.69, 9.17) is 4.74 Å². The van der Waals surface area contributed by atoms with Crippen LogP contribution in [0.25, 0.3) is 0 Å². The fourth-order valence-electron chi connectivity index (χ4n) is 3.07. The number of hydrogen-bond acceptors (Lipinski definition) is 4. The summed E-state index contributed by atoms with van der Waals surface area (Å²) in [5, 5.41) is 2.51. The van der Waals surface area contributed by atoms with E-state index in [-0.39, 0.29) is 36.5 Å². The highest BCUT2D eigenvalue weighted by molar-refractivity contribution is 6.02. The fourth-order valence-corrected chi connectivity index (χ4v) is 3.07. The summed E-state index contributed by atoms with van der Waals surface area (Å²) in [6, 6.07) is 6.42. The second-order valence-electron chi connectivity index (χ2n) is 6.31. The molecule has 0 radical (unpaired) electrons. The molecule has 4 amide bonds. The number of likely N-dealkylation sites (tertiary alicyclic amines) is 1. The molecule has 2 heterocycles. The predicted octanol–water partition coefficient (Wildman–Crippen LogP) is 1.24. The van der Waals surface area contributed by atoms with E-state index in [0.717, 1.165) is 5.75 Å². The monoisotopic (exact) mass is 331 g/mol. The van der Waals surface area contributed by atoms with Crippen molar-refractivity contribution in [3.05, 3.63) is 29.8 Å². The molecule has 0 saturated carbocycles. The zero-order valence-electron chi connectivity index (χ0n) is 13.8. The number of ether oxygens (including phenoxy) is 1. The molecule has 7 nitrogen and oxygen atoms in total. The van der Waals surface area contributed by atoms with Crippen LogP contribution in [0.5, 0.6) is 5.75 Å². The van der Waals surface area contributed by atoms with Crippen LogP contribution in [-0.2, 0) is 4.79 Å². The molecule has 7 heteroatoms. The first-order chi connectivity index (χ1) is 11.5. The Morgan fingerprint density at radius 1 is 1.25 bits per heavy atom. The standard InChI is InChI=1S/C17H21N3O4/c1-11(2)24-14-5-3-12(4-6-14)16(22)19-8-7-13(10-19)20-15(21)9-18-17(20)23/h3-6,11,13H,7-10H2,1-2H3,(H,18,23). The molecule has 1 aromatic rings. The molecule has 2 aliphatic heterocycles. The van der Waals surface area contributed by atoms with Crippen LogP contribution < -0.4 is 10.1 Å². The number of nitrogens with one attached hydrogen (secondary N) is 1. The molecule has 2 fully saturated rings. The molecule has 0 aliphatic carbocycles. The maximum atomic E-state index is 12.6. The maximum Gasteiger partial charge on any atom is 0.324 e. The van der Waals surface area contributed by atoms with Crippen LogP contribution in [0, 0.1) is 0 Å².